The van der Waals surface area contributed by atoms with Crippen LogP contribution in [-0.2, 0) is 4.79 Å². The smallest absolute Gasteiger partial charge is 0.303 e. The summed E-state index contributed by atoms with van der Waals surface area (Å²) >= 11 is 5.95. The van der Waals surface area contributed by atoms with E-state index in [1.54, 1.807) is 6.07 Å². The molecule has 0 saturated carbocycles. The van der Waals surface area contributed by atoms with Gasteiger partial charge in [-0.15, -0.1) is 0 Å². The van der Waals surface area contributed by atoms with Crippen LogP contribution in [0.25, 0.3) is 0 Å². The number of para-hydroxylation sites is 1. The number of benzene rings is 1. The topological polar surface area (TPSA) is 46.5 Å². The molecule has 0 spiro atoms. The second kappa shape index (κ2) is 7.17. The molecule has 1 aromatic carbocycles. The Balaban J connectivity index is 2.26. The Morgan fingerprint density at radius 3 is 2.82 bits per heavy atom. The monoisotopic (exact) mass is 256 g/mol. The second-order valence-corrected chi connectivity index (χ2v) is 4.54. The number of carboxylic acid groups (broad SMARTS) is 1. The summed E-state index contributed by atoms with van der Waals surface area (Å²) in [5.41, 5.74) is 0. The summed E-state index contributed by atoms with van der Waals surface area (Å²) in [5, 5.41) is 9.12. The van der Waals surface area contributed by atoms with Gasteiger partial charge in [0.2, 0.25) is 0 Å². The maximum absolute atomic E-state index is 10.4. The van der Waals surface area contributed by atoms with Gasteiger partial charge in [0.25, 0.3) is 0 Å². The molecule has 1 atom stereocenters. The average Bonchev–Trinajstić information content (AvgIpc) is 2.27. The highest BCUT2D eigenvalue weighted by Gasteiger charge is 2.06. The lowest BCUT2D eigenvalue weighted by atomic mass is 10.1. The van der Waals surface area contributed by atoms with E-state index >= 15 is 0 Å². The summed E-state index contributed by atoms with van der Waals surface area (Å²) in [6.45, 7) is 2.60. The van der Waals surface area contributed by atoms with Crippen molar-refractivity contribution in [2.45, 2.75) is 26.2 Å². The third-order valence-corrected chi connectivity index (χ3v) is 2.76. The number of carboxylic acids is 1. The molecule has 3 nitrogen and oxygen atoms in total. The molecule has 94 valence electrons. The van der Waals surface area contributed by atoms with Gasteiger partial charge in [0.15, 0.2) is 0 Å². The molecule has 17 heavy (non-hydrogen) atoms. The first kappa shape index (κ1) is 13.8. The third kappa shape index (κ3) is 5.59. The van der Waals surface area contributed by atoms with Crippen LogP contribution in [0.15, 0.2) is 24.3 Å². The second-order valence-electron chi connectivity index (χ2n) is 4.13. The Labute approximate surface area is 106 Å². The fraction of sp³-hybridized carbons (Fsp3) is 0.462. The van der Waals surface area contributed by atoms with Crippen LogP contribution in [-0.4, -0.2) is 17.7 Å². The molecule has 1 N–H and O–H groups in total. The molecule has 1 aromatic rings. The number of halogens is 1. The molecule has 4 heteroatoms. The van der Waals surface area contributed by atoms with Crippen LogP contribution < -0.4 is 4.74 Å². The largest absolute Gasteiger partial charge is 0.492 e. The molecule has 0 heterocycles. The van der Waals surface area contributed by atoms with Crippen LogP contribution in [0.4, 0.5) is 0 Å². The van der Waals surface area contributed by atoms with Gasteiger partial charge in [-0.05, 0) is 30.9 Å². The Morgan fingerprint density at radius 1 is 1.47 bits per heavy atom. The van der Waals surface area contributed by atoms with Gasteiger partial charge < -0.3 is 9.84 Å². The summed E-state index contributed by atoms with van der Waals surface area (Å²) in [4.78, 5) is 10.4. The van der Waals surface area contributed by atoms with Crippen molar-refractivity contribution in [3.8, 4) is 5.75 Å². The Morgan fingerprint density at radius 2 is 2.18 bits per heavy atom. The normalized spacial score (nSPS) is 12.1. The Kier molecular flexibility index (Phi) is 5.84. The molecule has 0 fully saturated rings. The molecule has 0 aliphatic carbocycles. The molecule has 0 radical (unpaired) electrons. The molecule has 1 rings (SSSR count). The van der Waals surface area contributed by atoms with Crippen LogP contribution >= 0.6 is 11.6 Å². The number of hydrogen-bond donors (Lipinski definition) is 1. The molecule has 0 aromatic heterocycles. The molecule has 1 unspecified atom stereocenters. The summed E-state index contributed by atoms with van der Waals surface area (Å²) in [7, 11) is 0. The van der Waals surface area contributed by atoms with Crippen molar-refractivity contribution in [2.75, 3.05) is 6.61 Å². The summed E-state index contributed by atoms with van der Waals surface area (Å²) in [5.74, 6) is 0.258. The molecule has 0 aliphatic heterocycles. The first-order valence-electron chi connectivity index (χ1n) is 5.68. The number of rotatable bonds is 7. The van der Waals surface area contributed by atoms with Crippen LogP contribution in [0.2, 0.25) is 5.02 Å². The van der Waals surface area contributed by atoms with Gasteiger partial charge >= 0.3 is 5.97 Å². The van der Waals surface area contributed by atoms with E-state index in [0.717, 1.165) is 6.42 Å². The predicted molar refractivity (Wildman–Crippen MR) is 67.6 cm³/mol. The highest BCUT2D eigenvalue weighted by Crippen LogP contribution is 2.24. The van der Waals surface area contributed by atoms with E-state index < -0.39 is 5.97 Å². The standard InChI is InChI=1S/C13H17ClO3/c1-10(5-4-8-13(15)16)9-17-12-7-3-2-6-11(12)14/h2-3,6-7,10H,4-5,8-9H2,1H3,(H,15,16). The first-order valence-corrected chi connectivity index (χ1v) is 6.06. The predicted octanol–water partition coefficient (Wildman–Crippen LogP) is 3.61. The van der Waals surface area contributed by atoms with Crippen molar-refractivity contribution < 1.29 is 14.6 Å². The molecular weight excluding hydrogens is 240 g/mol. The minimum atomic E-state index is -0.746. The van der Waals surface area contributed by atoms with Crippen molar-refractivity contribution in [3.63, 3.8) is 0 Å². The average molecular weight is 257 g/mol. The van der Waals surface area contributed by atoms with Gasteiger partial charge in [-0.2, -0.15) is 0 Å². The fourth-order valence-corrected chi connectivity index (χ4v) is 1.67. The summed E-state index contributed by atoms with van der Waals surface area (Å²) in [6.07, 6.45) is 1.75. The van der Waals surface area contributed by atoms with E-state index in [-0.39, 0.29) is 6.42 Å². The van der Waals surface area contributed by atoms with E-state index in [9.17, 15) is 4.79 Å². The van der Waals surface area contributed by atoms with E-state index in [2.05, 4.69) is 0 Å². The molecule has 0 bridgehead atoms. The number of aliphatic carboxylic acids is 1. The molecule has 0 saturated heterocycles. The van der Waals surface area contributed by atoms with Gasteiger partial charge in [-0.3, -0.25) is 4.79 Å². The van der Waals surface area contributed by atoms with Crippen molar-refractivity contribution in [3.05, 3.63) is 29.3 Å². The highest BCUT2D eigenvalue weighted by atomic mass is 35.5. The fourth-order valence-electron chi connectivity index (χ4n) is 1.48. The highest BCUT2D eigenvalue weighted by molar-refractivity contribution is 6.32. The van der Waals surface area contributed by atoms with Crippen molar-refractivity contribution in [1.29, 1.82) is 0 Å². The molecular formula is C13H17ClO3. The maximum Gasteiger partial charge on any atom is 0.303 e. The Hall–Kier alpha value is -1.22. The van der Waals surface area contributed by atoms with Crippen molar-refractivity contribution >= 4 is 17.6 Å². The number of hydrogen-bond acceptors (Lipinski definition) is 2. The van der Waals surface area contributed by atoms with Gasteiger partial charge in [-0.25, -0.2) is 0 Å². The minimum Gasteiger partial charge on any atom is -0.492 e. The lowest BCUT2D eigenvalue weighted by Crippen LogP contribution is -2.09. The number of ether oxygens (including phenoxy) is 1. The summed E-state index contributed by atoms with van der Waals surface area (Å²) < 4.78 is 5.58. The van der Waals surface area contributed by atoms with Crippen LogP contribution in [0.3, 0.4) is 0 Å². The van der Waals surface area contributed by atoms with Crippen LogP contribution in [0.5, 0.6) is 5.75 Å². The van der Waals surface area contributed by atoms with Gasteiger partial charge in [0.05, 0.1) is 11.6 Å². The lowest BCUT2D eigenvalue weighted by Gasteiger charge is -2.13. The van der Waals surface area contributed by atoms with Crippen LogP contribution in [0, 0.1) is 5.92 Å². The van der Waals surface area contributed by atoms with E-state index in [4.69, 9.17) is 21.4 Å². The van der Waals surface area contributed by atoms with E-state index in [1.165, 1.54) is 0 Å². The molecule has 0 amide bonds. The van der Waals surface area contributed by atoms with Crippen molar-refractivity contribution in [1.82, 2.24) is 0 Å². The minimum absolute atomic E-state index is 0.219. The maximum atomic E-state index is 10.4. The van der Waals surface area contributed by atoms with Crippen molar-refractivity contribution in [2.24, 2.45) is 5.92 Å². The van der Waals surface area contributed by atoms with Gasteiger partial charge in [0, 0.05) is 6.42 Å². The van der Waals surface area contributed by atoms with Gasteiger partial charge in [0.1, 0.15) is 5.75 Å². The number of carbonyl (C=O) groups is 1. The Bertz CT molecular complexity index is 365. The summed E-state index contributed by atoms with van der Waals surface area (Å²) in [6, 6.07) is 7.33. The quantitative estimate of drug-likeness (QED) is 0.811. The SMILES string of the molecule is CC(CCCC(=O)O)COc1ccccc1Cl. The zero-order valence-electron chi connectivity index (χ0n) is 9.86. The van der Waals surface area contributed by atoms with Gasteiger partial charge in [-0.1, -0.05) is 30.7 Å². The zero-order valence-corrected chi connectivity index (χ0v) is 10.6. The first-order chi connectivity index (χ1) is 8.09. The van der Waals surface area contributed by atoms with E-state index in [0.29, 0.717) is 29.7 Å². The lowest BCUT2D eigenvalue weighted by molar-refractivity contribution is -0.137. The van der Waals surface area contributed by atoms with E-state index in [1.807, 2.05) is 25.1 Å². The zero-order chi connectivity index (χ0) is 12.7. The molecule has 0 aliphatic rings. The third-order valence-electron chi connectivity index (χ3n) is 2.45. The van der Waals surface area contributed by atoms with Crippen LogP contribution in [0.1, 0.15) is 26.2 Å².